The normalized spacial score (nSPS) is 8.67. The van der Waals surface area contributed by atoms with Crippen LogP contribution in [0.15, 0.2) is 24.3 Å². The van der Waals surface area contributed by atoms with Gasteiger partial charge in [-0.05, 0) is 17.7 Å². The van der Waals surface area contributed by atoms with E-state index in [1.807, 2.05) is 0 Å². The number of non-ortho nitro benzene ring substituents is 1. The minimum Gasteiger partial charge on any atom is -0.258 e. The molecule has 1 rings (SSSR count). The number of hydrogen-bond donors (Lipinski definition) is 0. The maximum absolute atomic E-state index is 10.2. The Balaban J connectivity index is 3.00. The van der Waals surface area contributed by atoms with Gasteiger partial charge >= 0.3 is 0 Å². The minimum absolute atomic E-state index is 0.0121. The van der Waals surface area contributed by atoms with Crippen molar-refractivity contribution in [3.05, 3.63) is 39.9 Å². The summed E-state index contributed by atoms with van der Waals surface area (Å²) in [6.07, 6.45) is 1.21. The molecule has 0 radical (unpaired) electrons. The molecule has 0 aromatic heterocycles. The van der Waals surface area contributed by atoms with Gasteiger partial charge < -0.3 is 0 Å². The van der Waals surface area contributed by atoms with E-state index in [1.165, 1.54) is 30.3 Å². The maximum atomic E-state index is 10.2. The molecular weight excluding hydrogens is 158 g/mol. The third kappa shape index (κ3) is 1.78. The van der Waals surface area contributed by atoms with E-state index >= 15 is 0 Å². The summed E-state index contributed by atoms with van der Waals surface area (Å²) in [6, 6.07) is 5.65. The Morgan fingerprint density at radius 1 is 1.33 bits per heavy atom. The average molecular weight is 163 g/mol. The second kappa shape index (κ2) is 3.46. The van der Waals surface area contributed by atoms with Crippen LogP contribution in [0.5, 0.6) is 0 Å². The minimum atomic E-state index is -0.492. The molecule has 0 heterocycles. The van der Waals surface area contributed by atoms with Crippen LogP contribution in [-0.2, 0) is 4.79 Å². The van der Waals surface area contributed by atoms with Crippen LogP contribution < -0.4 is 0 Å². The van der Waals surface area contributed by atoms with Crippen molar-refractivity contribution in [2.45, 2.75) is 0 Å². The summed E-state index contributed by atoms with van der Waals surface area (Å²) in [5, 5.41) is 10.2. The third-order valence-electron chi connectivity index (χ3n) is 1.33. The monoisotopic (exact) mass is 163 g/mol. The number of carbonyl (C=O) groups excluding carboxylic acids is 1. The van der Waals surface area contributed by atoms with Gasteiger partial charge in [0.25, 0.3) is 5.69 Å². The highest BCUT2D eigenvalue weighted by molar-refractivity contribution is 5.74. The zero-order valence-electron chi connectivity index (χ0n) is 6.06. The number of nitrogens with zero attached hydrogens (tertiary/aromatic N) is 1. The smallest absolute Gasteiger partial charge is 0.258 e. The molecule has 4 nitrogen and oxygen atoms in total. The molecule has 0 atom stereocenters. The van der Waals surface area contributed by atoms with Crippen molar-refractivity contribution in [1.82, 2.24) is 0 Å². The molecule has 1 aromatic rings. The molecule has 60 valence electrons. The standard InChI is InChI=1S/C8H5NO3/c10-6-5-7-1-3-8(4-2-7)9(11)12/h1-5H. The Kier molecular flexibility index (Phi) is 2.35. The molecule has 4 heteroatoms. The van der Waals surface area contributed by atoms with Crippen LogP contribution in [0.3, 0.4) is 0 Å². The van der Waals surface area contributed by atoms with E-state index in [0.717, 1.165) is 0 Å². The fourth-order valence-electron chi connectivity index (χ4n) is 0.760. The lowest BCUT2D eigenvalue weighted by Crippen LogP contribution is -1.86. The summed E-state index contributed by atoms with van der Waals surface area (Å²) in [4.78, 5) is 19.6. The fourth-order valence-corrected chi connectivity index (χ4v) is 0.760. The number of rotatable bonds is 2. The van der Waals surface area contributed by atoms with Gasteiger partial charge in [-0.2, -0.15) is 0 Å². The summed E-state index contributed by atoms with van der Waals surface area (Å²) < 4.78 is 0. The number of nitro benzene ring substituents is 1. The maximum Gasteiger partial charge on any atom is 0.269 e. The summed E-state index contributed by atoms with van der Waals surface area (Å²) in [7, 11) is 0. The predicted octanol–water partition coefficient (Wildman–Crippen LogP) is 1.44. The Morgan fingerprint density at radius 2 is 1.92 bits per heavy atom. The van der Waals surface area contributed by atoms with Gasteiger partial charge in [-0.15, -0.1) is 0 Å². The van der Waals surface area contributed by atoms with Crippen LogP contribution in [0.25, 0.3) is 6.08 Å². The largest absolute Gasteiger partial charge is 0.269 e. The average Bonchev–Trinajstić information content (AvgIpc) is 2.06. The van der Waals surface area contributed by atoms with Crippen molar-refractivity contribution in [2.75, 3.05) is 0 Å². The van der Waals surface area contributed by atoms with E-state index in [2.05, 4.69) is 0 Å². The van der Waals surface area contributed by atoms with E-state index in [9.17, 15) is 14.9 Å². The van der Waals surface area contributed by atoms with Gasteiger partial charge in [0.15, 0.2) is 0 Å². The van der Waals surface area contributed by atoms with Crippen LogP contribution >= 0.6 is 0 Å². The Morgan fingerprint density at radius 3 is 2.33 bits per heavy atom. The van der Waals surface area contributed by atoms with E-state index in [4.69, 9.17) is 0 Å². The fraction of sp³-hybridized carbons (Fsp3) is 0. The molecular formula is C8H5NO3. The van der Waals surface area contributed by atoms with Gasteiger partial charge in [0.2, 0.25) is 0 Å². The molecule has 0 amide bonds. The van der Waals surface area contributed by atoms with E-state index in [-0.39, 0.29) is 5.69 Å². The van der Waals surface area contributed by atoms with Crippen LogP contribution in [0, 0.1) is 10.1 Å². The molecule has 0 aliphatic carbocycles. The zero-order valence-corrected chi connectivity index (χ0v) is 6.06. The van der Waals surface area contributed by atoms with Crippen LogP contribution in [0.2, 0.25) is 0 Å². The Bertz CT molecular complexity index is 315. The van der Waals surface area contributed by atoms with Crippen LogP contribution in [0.1, 0.15) is 5.56 Å². The summed E-state index contributed by atoms with van der Waals surface area (Å²) in [6.45, 7) is 0. The first kappa shape index (κ1) is 8.17. The van der Waals surface area contributed by atoms with Crippen molar-refractivity contribution in [1.29, 1.82) is 0 Å². The van der Waals surface area contributed by atoms with Gasteiger partial charge in [-0.25, -0.2) is 4.79 Å². The van der Waals surface area contributed by atoms with Crippen molar-refractivity contribution in [3.63, 3.8) is 0 Å². The zero-order chi connectivity index (χ0) is 8.97. The van der Waals surface area contributed by atoms with Crippen molar-refractivity contribution >= 4 is 17.7 Å². The Hall–Kier alpha value is -1.93. The number of benzene rings is 1. The highest BCUT2D eigenvalue weighted by Crippen LogP contribution is 2.11. The van der Waals surface area contributed by atoms with Gasteiger partial charge in [0.05, 0.1) is 4.92 Å². The summed E-state index contributed by atoms with van der Waals surface area (Å²) in [5.41, 5.74) is 0.619. The molecule has 0 saturated carbocycles. The quantitative estimate of drug-likeness (QED) is 0.376. The molecule has 0 aliphatic heterocycles. The Labute approximate surface area is 68.3 Å². The van der Waals surface area contributed by atoms with Crippen molar-refractivity contribution in [3.8, 4) is 0 Å². The molecule has 12 heavy (non-hydrogen) atoms. The molecule has 0 saturated heterocycles. The number of nitro groups is 1. The first-order chi connectivity index (χ1) is 5.74. The topological polar surface area (TPSA) is 60.2 Å². The first-order valence-corrected chi connectivity index (χ1v) is 3.19. The molecule has 0 fully saturated rings. The van der Waals surface area contributed by atoms with Crippen LogP contribution in [0.4, 0.5) is 5.69 Å². The molecule has 0 bridgehead atoms. The third-order valence-corrected chi connectivity index (χ3v) is 1.33. The van der Waals surface area contributed by atoms with Crippen molar-refractivity contribution < 1.29 is 9.72 Å². The molecule has 0 spiro atoms. The second-order valence-corrected chi connectivity index (χ2v) is 2.11. The summed E-state index contributed by atoms with van der Waals surface area (Å²) in [5.74, 6) is 1.59. The lowest BCUT2D eigenvalue weighted by atomic mass is 10.2. The van der Waals surface area contributed by atoms with Crippen LogP contribution in [-0.4, -0.2) is 10.9 Å². The molecule has 0 N–H and O–H groups in total. The van der Waals surface area contributed by atoms with Gasteiger partial charge in [0, 0.05) is 18.2 Å². The van der Waals surface area contributed by atoms with Gasteiger partial charge in [0.1, 0.15) is 5.94 Å². The van der Waals surface area contributed by atoms with E-state index in [0.29, 0.717) is 5.56 Å². The second-order valence-electron chi connectivity index (χ2n) is 2.11. The van der Waals surface area contributed by atoms with Gasteiger partial charge in [-0.3, -0.25) is 10.1 Å². The number of hydrogen-bond acceptors (Lipinski definition) is 3. The molecule has 1 aromatic carbocycles. The van der Waals surface area contributed by atoms with Gasteiger partial charge in [-0.1, -0.05) is 0 Å². The highest BCUT2D eigenvalue weighted by atomic mass is 16.6. The molecule has 0 aliphatic rings. The first-order valence-electron chi connectivity index (χ1n) is 3.19. The summed E-state index contributed by atoms with van der Waals surface area (Å²) >= 11 is 0. The van der Waals surface area contributed by atoms with E-state index in [1.54, 1.807) is 5.94 Å². The lowest BCUT2D eigenvalue weighted by Gasteiger charge is -1.90. The lowest BCUT2D eigenvalue weighted by molar-refractivity contribution is -0.384. The SMILES string of the molecule is O=C=Cc1ccc([N+](=O)[O-])cc1. The molecule has 0 unspecified atom stereocenters. The predicted molar refractivity (Wildman–Crippen MR) is 43.3 cm³/mol. The highest BCUT2D eigenvalue weighted by Gasteiger charge is 2.01. The van der Waals surface area contributed by atoms with E-state index < -0.39 is 4.92 Å². The van der Waals surface area contributed by atoms with Crippen molar-refractivity contribution in [2.24, 2.45) is 0 Å².